The summed E-state index contributed by atoms with van der Waals surface area (Å²) in [6.07, 6.45) is 1.06. The first-order valence-electron chi connectivity index (χ1n) is 7.50. The molecule has 0 unspecified atom stereocenters. The number of hydrogen-bond acceptors (Lipinski definition) is 6. The zero-order valence-electron chi connectivity index (χ0n) is 13.2. The number of rotatable bonds is 6. The molecule has 1 fully saturated rings. The Labute approximate surface area is 147 Å². The van der Waals surface area contributed by atoms with Gasteiger partial charge in [-0.15, -0.1) is 16.8 Å². The van der Waals surface area contributed by atoms with Gasteiger partial charge in [0.2, 0.25) is 5.91 Å². The standard InChI is InChI=1S/C16H15FN4O3S/c1-2-7-21-14(11-3-5-12(17)6-4-11)18-19-15(21)25-10-13(22)20-8-9-24-16(20)23/h2-6H,1,7-10H2. The molecule has 1 saturated heterocycles. The number of ether oxygens (including phenoxy) is 1. The van der Waals surface area contributed by atoms with Gasteiger partial charge in [-0.05, 0) is 24.3 Å². The Bertz CT molecular complexity index is 806. The third kappa shape index (κ3) is 3.71. The number of halogens is 1. The average Bonchev–Trinajstić information content (AvgIpc) is 3.20. The van der Waals surface area contributed by atoms with Crippen molar-refractivity contribution in [2.75, 3.05) is 18.9 Å². The molecule has 0 spiro atoms. The molecule has 9 heteroatoms. The van der Waals surface area contributed by atoms with E-state index in [1.165, 1.54) is 23.9 Å². The maximum absolute atomic E-state index is 13.1. The van der Waals surface area contributed by atoms with Gasteiger partial charge in [-0.2, -0.15) is 0 Å². The summed E-state index contributed by atoms with van der Waals surface area (Å²) in [7, 11) is 0. The van der Waals surface area contributed by atoms with Crippen LogP contribution in [0.15, 0.2) is 42.1 Å². The molecule has 0 saturated carbocycles. The lowest BCUT2D eigenvalue weighted by Gasteiger charge is -2.11. The Morgan fingerprint density at radius 2 is 2.12 bits per heavy atom. The van der Waals surface area contributed by atoms with E-state index in [4.69, 9.17) is 4.74 Å². The van der Waals surface area contributed by atoms with Crippen LogP contribution in [-0.4, -0.2) is 50.6 Å². The van der Waals surface area contributed by atoms with E-state index >= 15 is 0 Å². The van der Waals surface area contributed by atoms with Crippen LogP contribution in [0.1, 0.15) is 0 Å². The van der Waals surface area contributed by atoms with Crippen LogP contribution in [0.4, 0.5) is 9.18 Å². The molecule has 3 rings (SSSR count). The summed E-state index contributed by atoms with van der Waals surface area (Å²) in [5.74, 6) is -0.0935. The highest BCUT2D eigenvalue weighted by molar-refractivity contribution is 7.99. The second kappa shape index (κ2) is 7.47. The minimum absolute atomic E-state index is 0.0355. The molecule has 1 aliphatic rings. The molecule has 0 N–H and O–H groups in total. The highest BCUT2D eigenvalue weighted by atomic mass is 32.2. The monoisotopic (exact) mass is 362 g/mol. The largest absolute Gasteiger partial charge is 0.447 e. The van der Waals surface area contributed by atoms with Crippen LogP contribution >= 0.6 is 11.8 Å². The second-order valence-electron chi connectivity index (χ2n) is 5.16. The van der Waals surface area contributed by atoms with Gasteiger partial charge in [0.15, 0.2) is 11.0 Å². The number of allylic oxidation sites excluding steroid dienone is 1. The smallest absolute Gasteiger partial charge is 0.416 e. The first kappa shape index (κ1) is 17.2. The van der Waals surface area contributed by atoms with E-state index in [1.54, 1.807) is 22.8 Å². The van der Waals surface area contributed by atoms with Crippen molar-refractivity contribution in [3.8, 4) is 11.4 Å². The van der Waals surface area contributed by atoms with E-state index < -0.39 is 6.09 Å². The van der Waals surface area contributed by atoms with Crippen molar-refractivity contribution in [3.05, 3.63) is 42.7 Å². The molecule has 7 nitrogen and oxygen atoms in total. The van der Waals surface area contributed by atoms with Crippen LogP contribution in [0.3, 0.4) is 0 Å². The molecule has 25 heavy (non-hydrogen) atoms. The Morgan fingerprint density at radius 1 is 1.36 bits per heavy atom. The van der Waals surface area contributed by atoms with Crippen LogP contribution in [0.25, 0.3) is 11.4 Å². The number of benzene rings is 1. The first-order valence-corrected chi connectivity index (χ1v) is 8.48. The Balaban J connectivity index is 1.77. The number of imide groups is 1. The molecule has 2 aromatic rings. The van der Waals surface area contributed by atoms with E-state index in [1.807, 2.05) is 0 Å². The maximum atomic E-state index is 13.1. The van der Waals surface area contributed by atoms with Crippen LogP contribution in [0, 0.1) is 5.82 Å². The van der Waals surface area contributed by atoms with Gasteiger partial charge in [0.25, 0.3) is 0 Å². The van der Waals surface area contributed by atoms with E-state index in [0.29, 0.717) is 23.1 Å². The molecular weight excluding hydrogens is 347 g/mol. The number of cyclic esters (lactones) is 1. The van der Waals surface area contributed by atoms with Gasteiger partial charge < -0.3 is 4.74 Å². The highest BCUT2D eigenvalue weighted by Crippen LogP contribution is 2.24. The first-order chi connectivity index (χ1) is 12.1. The van der Waals surface area contributed by atoms with E-state index in [0.717, 1.165) is 4.90 Å². The summed E-state index contributed by atoms with van der Waals surface area (Å²) in [6.45, 7) is 4.63. The zero-order valence-corrected chi connectivity index (χ0v) is 14.0. The van der Waals surface area contributed by atoms with Gasteiger partial charge in [-0.1, -0.05) is 17.8 Å². The normalized spacial score (nSPS) is 13.8. The molecule has 1 aromatic heterocycles. The average molecular weight is 362 g/mol. The molecule has 0 radical (unpaired) electrons. The fourth-order valence-electron chi connectivity index (χ4n) is 2.33. The van der Waals surface area contributed by atoms with Crippen molar-refractivity contribution in [1.82, 2.24) is 19.7 Å². The van der Waals surface area contributed by atoms with Crippen molar-refractivity contribution in [2.24, 2.45) is 0 Å². The number of aromatic nitrogens is 3. The fourth-order valence-corrected chi connectivity index (χ4v) is 3.15. The summed E-state index contributed by atoms with van der Waals surface area (Å²) < 4.78 is 19.6. The van der Waals surface area contributed by atoms with Crippen molar-refractivity contribution < 1.29 is 18.7 Å². The van der Waals surface area contributed by atoms with E-state index in [-0.39, 0.29) is 30.6 Å². The van der Waals surface area contributed by atoms with Crippen LogP contribution < -0.4 is 0 Å². The third-order valence-electron chi connectivity index (χ3n) is 3.52. The lowest BCUT2D eigenvalue weighted by Crippen LogP contribution is -2.33. The quantitative estimate of drug-likeness (QED) is 0.580. The summed E-state index contributed by atoms with van der Waals surface area (Å²) in [5, 5.41) is 8.74. The SMILES string of the molecule is C=CCn1c(SCC(=O)N2CCOC2=O)nnc1-c1ccc(F)cc1. The molecule has 0 bridgehead atoms. The number of nitrogens with zero attached hydrogens (tertiary/aromatic N) is 4. The van der Waals surface area contributed by atoms with Crippen molar-refractivity contribution in [1.29, 1.82) is 0 Å². The number of thioether (sulfide) groups is 1. The number of carbonyl (C=O) groups excluding carboxylic acids is 2. The summed E-state index contributed by atoms with van der Waals surface area (Å²) in [6, 6.07) is 5.91. The molecule has 0 aliphatic carbocycles. The van der Waals surface area contributed by atoms with Gasteiger partial charge in [0.05, 0.1) is 12.3 Å². The van der Waals surface area contributed by atoms with E-state index in [2.05, 4.69) is 16.8 Å². The fraction of sp³-hybridized carbons (Fsp3) is 0.250. The molecule has 1 aliphatic heterocycles. The van der Waals surface area contributed by atoms with Gasteiger partial charge in [-0.3, -0.25) is 9.36 Å². The van der Waals surface area contributed by atoms with Crippen molar-refractivity contribution >= 4 is 23.8 Å². The highest BCUT2D eigenvalue weighted by Gasteiger charge is 2.28. The number of amides is 2. The Hall–Kier alpha value is -2.68. The zero-order chi connectivity index (χ0) is 17.8. The number of carbonyl (C=O) groups is 2. The molecule has 1 aromatic carbocycles. The minimum atomic E-state index is -0.620. The van der Waals surface area contributed by atoms with Crippen LogP contribution in [0.2, 0.25) is 0 Å². The molecule has 2 heterocycles. The maximum Gasteiger partial charge on any atom is 0.416 e. The van der Waals surface area contributed by atoms with E-state index in [9.17, 15) is 14.0 Å². The second-order valence-corrected chi connectivity index (χ2v) is 6.10. The van der Waals surface area contributed by atoms with Gasteiger partial charge in [0.1, 0.15) is 12.4 Å². The summed E-state index contributed by atoms with van der Waals surface area (Å²) >= 11 is 1.17. The topological polar surface area (TPSA) is 77.3 Å². The molecule has 130 valence electrons. The van der Waals surface area contributed by atoms with Crippen LogP contribution in [0.5, 0.6) is 0 Å². The molecule has 0 atom stereocenters. The predicted molar refractivity (Wildman–Crippen MR) is 89.4 cm³/mol. The van der Waals surface area contributed by atoms with Gasteiger partial charge >= 0.3 is 6.09 Å². The Morgan fingerprint density at radius 3 is 2.76 bits per heavy atom. The molecule has 2 amide bonds. The summed E-state index contributed by atoms with van der Waals surface area (Å²) in [5.41, 5.74) is 0.706. The minimum Gasteiger partial charge on any atom is -0.447 e. The lowest BCUT2D eigenvalue weighted by atomic mass is 10.2. The third-order valence-corrected chi connectivity index (χ3v) is 4.47. The van der Waals surface area contributed by atoms with Crippen LogP contribution in [-0.2, 0) is 16.1 Å². The Kier molecular flexibility index (Phi) is 5.13. The van der Waals surface area contributed by atoms with Crippen molar-refractivity contribution in [2.45, 2.75) is 11.7 Å². The van der Waals surface area contributed by atoms with Gasteiger partial charge in [0, 0.05) is 12.1 Å². The van der Waals surface area contributed by atoms with Crippen molar-refractivity contribution in [3.63, 3.8) is 0 Å². The number of hydrogen-bond donors (Lipinski definition) is 0. The van der Waals surface area contributed by atoms with Gasteiger partial charge in [-0.25, -0.2) is 14.1 Å². The lowest BCUT2D eigenvalue weighted by molar-refractivity contribution is -0.125. The summed E-state index contributed by atoms with van der Waals surface area (Å²) in [4.78, 5) is 24.6. The predicted octanol–water partition coefficient (Wildman–Crippen LogP) is 2.34. The molecular formula is C16H15FN4O3S.